The van der Waals surface area contributed by atoms with E-state index < -0.39 is 10.8 Å². The van der Waals surface area contributed by atoms with Crippen molar-refractivity contribution >= 4 is 27.3 Å². The minimum absolute atomic E-state index is 0.127. The third kappa shape index (κ3) is 3.12. The zero-order valence-corrected chi connectivity index (χ0v) is 11.8. The van der Waals surface area contributed by atoms with E-state index in [0.717, 1.165) is 16.5 Å². The van der Waals surface area contributed by atoms with Gasteiger partial charge in [-0.3, -0.25) is 4.21 Å². The summed E-state index contributed by atoms with van der Waals surface area (Å²) < 4.78 is 11.2. The van der Waals surface area contributed by atoms with Gasteiger partial charge in [-0.2, -0.15) is 5.26 Å². The van der Waals surface area contributed by atoms with Crippen molar-refractivity contribution in [1.82, 2.24) is 0 Å². The van der Waals surface area contributed by atoms with Crippen LogP contribution < -0.4 is 5.32 Å². The molecule has 0 spiro atoms. The van der Waals surface area contributed by atoms with Gasteiger partial charge in [0.25, 0.3) is 0 Å². The molecule has 0 aliphatic rings. The molecule has 0 saturated heterocycles. The molecule has 19 heavy (non-hydrogen) atoms. The molecule has 4 heteroatoms. The monoisotopic (exact) mass is 272 g/mol. The van der Waals surface area contributed by atoms with E-state index in [1.54, 1.807) is 6.26 Å². The molecule has 0 aliphatic carbocycles. The molecule has 2 aromatic carbocycles. The van der Waals surface area contributed by atoms with Crippen LogP contribution in [-0.4, -0.2) is 22.3 Å². The molecule has 98 valence electrons. The van der Waals surface area contributed by atoms with Crippen LogP contribution in [0.15, 0.2) is 36.4 Å². The number of fused-ring (bicyclic) bond motifs is 1. The predicted octanol–water partition coefficient (Wildman–Crippen LogP) is 2.89. The fraction of sp³-hybridized carbons (Fsp3) is 0.267. The van der Waals surface area contributed by atoms with Crippen molar-refractivity contribution in [2.45, 2.75) is 13.0 Å². The summed E-state index contributed by atoms with van der Waals surface area (Å²) in [5, 5.41) is 14.4. The Bertz CT molecular complexity index is 661. The number of hydrogen-bond acceptors (Lipinski definition) is 3. The Morgan fingerprint density at radius 3 is 2.58 bits per heavy atom. The van der Waals surface area contributed by atoms with Gasteiger partial charge in [-0.15, -0.1) is 0 Å². The lowest BCUT2D eigenvalue weighted by atomic mass is 10.0. The summed E-state index contributed by atoms with van der Waals surface area (Å²) >= 11 is 0. The summed E-state index contributed by atoms with van der Waals surface area (Å²) in [4.78, 5) is 0. The maximum absolute atomic E-state index is 11.2. The van der Waals surface area contributed by atoms with Gasteiger partial charge < -0.3 is 5.32 Å². The molecule has 2 aromatic rings. The lowest BCUT2D eigenvalue weighted by molar-refractivity contribution is 0.683. The molecule has 0 aromatic heterocycles. The molecule has 0 aliphatic heterocycles. The van der Waals surface area contributed by atoms with E-state index >= 15 is 0 Å². The molecule has 0 heterocycles. The van der Waals surface area contributed by atoms with Crippen molar-refractivity contribution in [3.8, 4) is 6.07 Å². The number of nitriles is 1. The lowest BCUT2D eigenvalue weighted by Crippen LogP contribution is -2.22. The molecule has 0 saturated carbocycles. The minimum atomic E-state index is -0.824. The highest BCUT2D eigenvalue weighted by atomic mass is 32.2. The summed E-state index contributed by atoms with van der Waals surface area (Å²) in [5.74, 6) is 0.605. The van der Waals surface area contributed by atoms with Crippen molar-refractivity contribution in [2.75, 3.05) is 17.3 Å². The first-order valence-electron chi connectivity index (χ1n) is 6.10. The van der Waals surface area contributed by atoms with E-state index in [0.29, 0.717) is 11.3 Å². The zero-order chi connectivity index (χ0) is 13.8. The first-order chi connectivity index (χ1) is 9.11. The van der Waals surface area contributed by atoms with E-state index in [9.17, 15) is 4.21 Å². The Balaban J connectivity index is 2.40. The highest BCUT2D eigenvalue weighted by molar-refractivity contribution is 7.84. The molecule has 3 nitrogen and oxygen atoms in total. The molecule has 0 fully saturated rings. The van der Waals surface area contributed by atoms with Crippen LogP contribution >= 0.6 is 0 Å². The minimum Gasteiger partial charge on any atom is -0.381 e. The standard InChI is InChI=1S/C15H16N2OS/c1-11(10-19(2)18)17-15-8-7-12(9-16)13-5-3-4-6-14(13)15/h3-8,11,17H,10H2,1-2H3. The predicted molar refractivity (Wildman–Crippen MR) is 80.7 cm³/mol. The van der Waals surface area contributed by atoms with Crippen molar-refractivity contribution in [3.05, 3.63) is 42.0 Å². The van der Waals surface area contributed by atoms with Crippen LogP contribution in [0, 0.1) is 11.3 Å². The topological polar surface area (TPSA) is 52.9 Å². The van der Waals surface area contributed by atoms with Crippen LogP contribution in [0.2, 0.25) is 0 Å². The lowest BCUT2D eigenvalue weighted by Gasteiger charge is -2.16. The summed E-state index contributed by atoms with van der Waals surface area (Å²) in [5.41, 5.74) is 1.65. The summed E-state index contributed by atoms with van der Waals surface area (Å²) in [6.07, 6.45) is 1.70. The van der Waals surface area contributed by atoms with E-state index in [4.69, 9.17) is 5.26 Å². The first-order valence-corrected chi connectivity index (χ1v) is 7.83. The van der Waals surface area contributed by atoms with Crippen molar-refractivity contribution in [2.24, 2.45) is 0 Å². The van der Waals surface area contributed by atoms with Crippen molar-refractivity contribution in [1.29, 1.82) is 5.26 Å². The maximum Gasteiger partial charge on any atom is 0.0998 e. The smallest absolute Gasteiger partial charge is 0.0998 e. The fourth-order valence-corrected chi connectivity index (χ4v) is 2.97. The van der Waals surface area contributed by atoms with Crippen molar-refractivity contribution in [3.63, 3.8) is 0 Å². The number of nitrogens with zero attached hydrogens (tertiary/aromatic N) is 1. The molecule has 2 atom stereocenters. The molecule has 2 rings (SSSR count). The maximum atomic E-state index is 11.2. The number of anilines is 1. The van der Waals surface area contributed by atoms with Crippen LogP contribution in [-0.2, 0) is 10.8 Å². The van der Waals surface area contributed by atoms with E-state index in [1.165, 1.54) is 0 Å². The third-order valence-electron chi connectivity index (χ3n) is 2.93. The van der Waals surface area contributed by atoms with E-state index in [2.05, 4.69) is 11.4 Å². The van der Waals surface area contributed by atoms with Crippen LogP contribution in [0.3, 0.4) is 0 Å². The molecular weight excluding hydrogens is 256 g/mol. The zero-order valence-electron chi connectivity index (χ0n) is 11.0. The molecule has 0 bridgehead atoms. The SMILES string of the molecule is CC(CS(C)=O)Nc1ccc(C#N)c2ccccc12. The average molecular weight is 272 g/mol. The normalized spacial score (nSPS) is 13.7. The van der Waals surface area contributed by atoms with Gasteiger partial charge in [-0.05, 0) is 19.1 Å². The van der Waals surface area contributed by atoms with Crippen LogP contribution in [0.1, 0.15) is 12.5 Å². The summed E-state index contributed by atoms with van der Waals surface area (Å²) in [7, 11) is -0.824. The second kappa shape index (κ2) is 5.85. The number of rotatable bonds is 4. The summed E-state index contributed by atoms with van der Waals surface area (Å²) in [6.45, 7) is 2.01. The Hall–Kier alpha value is -1.86. The van der Waals surface area contributed by atoms with Gasteiger partial charge in [0.05, 0.1) is 11.6 Å². The summed E-state index contributed by atoms with van der Waals surface area (Å²) in [6, 6.07) is 13.9. The first kappa shape index (κ1) is 13.6. The highest BCUT2D eigenvalue weighted by Crippen LogP contribution is 2.26. The number of benzene rings is 2. The van der Waals surface area contributed by atoms with Gasteiger partial charge in [-0.25, -0.2) is 0 Å². The Morgan fingerprint density at radius 1 is 1.26 bits per heavy atom. The van der Waals surface area contributed by atoms with Crippen LogP contribution in [0.4, 0.5) is 5.69 Å². The largest absolute Gasteiger partial charge is 0.381 e. The Labute approximate surface area is 115 Å². The van der Waals surface area contributed by atoms with Crippen LogP contribution in [0.25, 0.3) is 10.8 Å². The number of nitrogens with one attached hydrogen (secondary N) is 1. The third-order valence-corrected chi connectivity index (χ3v) is 3.90. The number of hydrogen-bond donors (Lipinski definition) is 1. The van der Waals surface area contributed by atoms with Gasteiger partial charge in [0.1, 0.15) is 0 Å². The second-order valence-electron chi connectivity index (χ2n) is 4.60. The van der Waals surface area contributed by atoms with Gasteiger partial charge in [-0.1, -0.05) is 24.3 Å². The van der Waals surface area contributed by atoms with Crippen LogP contribution in [0.5, 0.6) is 0 Å². The Kier molecular flexibility index (Phi) is 4.18. The fourth-order valence-electron chi connectivity index (χ4n) is 2.18. The average Bonchev–Trinajstić information content (AvgIpc) is 2.38. The Morgan fingerprint density at radius 2 is 1.95 bits per heavy atom. The molecule has 2 unspecified atom stereocenters. The molecule has 0 radical (unpaired) electrons. The van der Waals surface area contributed by atoms with Crippen molar-refractivity contribution < 1.29 is 4.21 Å². The quantitative estimate of drug-likeness (QED) is 0.931. The molecular formula is C15H16N2OS. The second-order valence-corrected chi connectivity index (χ2v) is 6.08. The molecule has 0 amide bonds. The van der Waals surface area contributed by atoms with Gasteiger partial charge in [0, 0.05) is 45.3 Å². The van der Waals surface area contributed by atoms with E-state index in [-0.39, 0.29) is 6.04 Å². The van der Waals surface area contributed by atoms with E-state index in [1.807, 2.05) is 43.3 Å². The highest BCUT2D eigenvalue weighted by Gasteiger charge is 2.09. The van der Waals surface area contributed by atoms with Gasteiger partial charge in [0.2, 0.25) is 0 Å². The van der Waals surface area contributed by atoms with Gasteiger partial charge >= 0.3 is 0 Å². The molecule has 1 N–H and O–H groups in total. The van der Waals surface area contributed by atoms with Gasteiger partial charge in [0.15, 0.2) is 0 Å².